The van der Waals surface area contributed by atoms with E-state index in [4.69, 9.17) is 4.74 Å². The van der Waals surface area contributed by atoms with E-state index in [1.54, 1.807) is 0 Å². The lowest BCUT2D eigenvalue weighted by atomic mass is 10.0. The van der Waals surface area contributed by atoms with Crippen molar-refractivity contribution in [2.45, 2.75) is 38.5 Å². The molecular weight excluding hydrogens is 240 g/mol. The van der Waals surface area contributed by atoms with Crippen LogP contribution in [0.4, 0.5) is 0 Å². The summed E-state index contributed by atoms with van der Waals surface area (Å²) in [7, 11) is 0. The Bertz CT molecular complexity index is 394. The Kier molecular flexibility index (Phi) is 5.36. The van der Waals surface area contributed by atoms with E-state index in [1.807, 2.05) is 30.3 Å². The lowest BCUT2D eigenvalue weighted by Gasteiger charge is -2.29. The normalized spacial score (nSPS) is 23.0. The van der Waals surface area contributed by atoms with E-state index in [1.165, 1.54) is 0 Å². The number of benzene rings is 1. The SMILES string of the molecule is CC1NCCCC1OCC(=O)NCc1ccccc1. The van der Waals surface area contributed by atoms with Crippen molar-refractivity contribution in [1.29, 1.82) is 0 Å². The molecule has 1 aromatic carbocycles. The van der Waals surface area contributed by atoms with Crippen LogP contribution in [-0.4, -0.2) is 31.2 Å². The van der Waals surface area contributed by atoms with Crippen LogP contribution in [-0.2, 0) is 16.1 Å². The fraction of sp³-hybridized carbons (Fsp3) is 0.533. The maximum atomic E-state index is 11.7. The number of carbonyl (C=O) groups excluding carboxylic acids is 1. The van der Waals surface area contributed by atoms with Crippen molar-refractivity contribution >= 4 is 5.91 Å². The number of hydrogen-bond acceptors (Lipinski definition) is 3. The fourth-order valence-electron chi connectivity index (χ4n) is 2.27. The summed E-state index contributed by atoms with van der Waals surface area (Å²) in [6.45, 7) is 3.85. The summed E-state index contributed by atoms with van der Waals surface area (Å²) in [5.74, 6) is -0.0540. The molecule has 104 valence electrons. The van der Waals surface area contributed by atoms with Gasteiger partial charge in [0, 0.05) is 12.6 Å². The van der Waals surface area contributed by atoms with Gasteiger partial charge in [0.05, 0.1) is 6.10 Å². The molecule has 0 saturated carbocycles. The number of ether oxygens (including phenoxy) is 1. The largest absolute Gasteiger partial charge is 0.367 e. The van der Waals surface area contributed by atoms with E-state index in [9.17, 15) is 4.79 Å². The Hall–Kier alpha value is -1.39. The molecule has 2 N–H and O–H groups in total. The van der Waals surface area contributed by atoms with Crippen LogP contribution < -0.4 is 10.6 Å². The number of piperidine rings is 1. The minimum absolute atomic E-state index is 0.0540. The van der Waals surface area contributed by atoms with Gasteiger partial charge in [0.15, 0.2) is 0 Å². The molecule has 2 rings (SSSR count). The zero-order chi connectivity index (χ0) is 13.5. The zero-order valence-electron chi connectivity index (χ0n) is 11.4. The highest BCUT2D eigenvalue weighted by Crippen LogP contribution is 2.11. The number of rotatable bonds is 5. The molecule has 19 heavy (non-hydrogen) atoms. The molecule has 2 unspecified atom stereocenters. The van der Waals surface area contributed by atoms with Crippen molar-refractivity contribution in [3.05, 3.63) is 35.9 Å². The minimum Gasteiger partial charge on any atom is -0.367 e. The molecule has 0 bridgehead atoms. The van der Waals surface area contributed by atoms with Gasteiger partial charge < -0.3 is 15.4 Å². The Morgan fingerprint density at radius 2 is 2.21 bits per heavy atom. The second-order valence-electron chi connectivity index (χ2n) is 5.00. The monoisotopic (exact) mass is 262 g/mol. The fourth-order valence-corrected chi connectivity index (χ4v) is 2.27. The molecule has 1 saturated heterocycles. The van der Waals surface area contributed by atoms with Crippen LogP contribution in [0.3, 0.4) is 0 Å². The third kappa shape index (κ3) is 4.65. The molecule has 1 heterocycles. The summed E-state index contributed by atoms with van der Waals surface area (Å²) >= 11 is 0. The van der Waals surface area contributed by atoms with Crippen molar-refractivity contribution in [2.24, 2.45) is 0 Å². The van der Waals surface area contributed by atoms with Gasteiger partial charge in [0.25, 0.3) is 0 Å². The first-order valence-electron chi connectivity index (χ1n) is 6.91. The summed E-state index contributed by atoms with van der Waals surface area (Å²) in [5.41, 5.74) is 1.10. The van der Waals surface area contributed by atoms with Gasteiger partial charge in [0.1, 0.15) is 6.61 Å². The minimum atomic E-state index is -0.0540. The maximum absolute atomic E-state index is 11.7. The first-order chi connectivity index (χ1) is 9.25. The van der Waals surface area contributed by atoms with Crippen LogP contribution in [0.25, 0.3) is 0 Å². The molecule has 1 aliphatic heterocycles. The Morgan fingerprint density at radius 3 is 2.95 bits per heavy atom. The average Bonchev–Trinajstić information content (AvgIpc) is 2.45. The van der Waals surface area contributed by atoms with Gasteiger partial charge in [-0.2, -0.15) is 0 Å². The van der Waals surface area contributed by atoms with Crippen molar-refractivity contribution in [3.63, 3.8) is 0 Å². The highest BCUT2D eigenvalue weighted by molar-refractivity contribution is 5.77. The van der Waals surface area contributed by atoms with Gasteiger partial charge >= 0.3 is 0 Å². The van der Waals surface area contributed by atoms with Crippen LogP contribution in [0.2, 0.25) is 0 Å². The van der Waals surface area contributed by atoms with Gasteiger partial charge in [-0.1, -0.05) is 30.3 Å². The Morgan fingerprint density at radius 1 is 1.42 bits per heavy atom. The van der Waals surface area contributed by atoms with E-state index in [0.717, 1.165) is 24.9 Å². The third-order valence-corrected chi connectivity index (χ3v) is 3.45. The van der Waals surface area contributed by atoms with Crippen LogP contribution >= 0.6 is 0 Å². The highest BCUT2D eigenvalue weighted by Gasteiger charge is 2.21. The van der Waals surface area contributed by atoms with E-state index in [0.29, 0.717) is 12.6 Å². The average molecular weight is 262 g/mol. The summed E-state index contributed by atoms with van der Waals surface area (Å²) in [6, 6.07) is 10.2. The summed E-state index contributed by atoms with van der Waals surface area (Å²) in [5, 5.41) is 6.23. The van der Waals surface area contributed by atoms with Gasteiger partial charge in [-0.3, -0.25) is 4.79 Å². The smallest absolute Gasteiger partial charge is 0.246 e. The number of nitrogens with one attached hydrogen (secondary N) is 2. The molecule has 0 aliphatic carbocycles. The number of carbonyl (C=O) groups is 1. The lowest BCUT2D eigenvalue weighted by Crippen LogP contribution is -2.45. The number of amides is 1. The van der Waals surface area contributed by atoms with Crippen molar-refractivity contribution in [1.82, 2.24) is 10.6 Å². The predicted molar refractivity (Wildman–Crippen MR) is 74.7 cm³/mol. The van der Waals surface area contributed by atoms with Gasteiger partial charge in [-0.05, 0) is 31.9 Å². The quantitative estimate of drug-likeness (QED) is 0.844. The standard InChI is InChI=1S/C15H22N2O2/c1-12-14(8-5-9-16-12)19-11-15(18)17-10-13-6-3-2-4-7-13/h2-4,6-7,12,14,16H,5,8-11H2,1H3,(H,17,18). The topological polar surface area (TPSA) is 50.4 Å². The molecule has 0 spiro atoms. The van der Waals surface area contributed by atoms with Crippen LogP contribution in [0.15, 0.2) is 30.3 Å². The van der Waals surface area contributed by atoms with E-state index < -0.39 is 0 Å². The molecular formula is C15H22N2O2. The molecule has 4 nitrogen and oxygen atoms in total. The van der Waals surface area contributed by atoms with Crippen LogP contribution in [0.5, 0.6) is 0 Å². The Labute approximate surface area is 114 Å². The summed E-state index contributed by atoms with van der Waals surface area (Å²) in [6.07, 6.45) is 2.29. The van der Waals surface area contributed by atoms with Gasteiger partial charge in [-0.15, -0.1) is 0 Å². The molecule has 0 aromatic heterocycles. The van der Waals surface area contributed by atoms with Gasteiger partial charge in [0.2, 0.25) is 5.91 Å². The van der Waals surface area contributed by atoms with Crippen molar-refractivity contribution < 1.29 is 9.53 Å². The summed E-state index contributed by atoms with van der Waals surface area (Å²) in [4.78, 5) is 11.7. The van der Waals surface area contributed by atoms with E-state index in [-0.39, 0.29) is 18.6 Å². The highest BCUT2D eigenvalue weighted by atomic mass is 16.5. The molecule has 4 heteroatoms. The molecule has 1 amide bonds. The van der Waals surface area contributed by atoms with Crippen LogP contribution in [0.1, 0.15) is 25.3 Å². The lowest BCUT2D eigenvalue weighted by molar-refractivity contribution is -0.129. The molecule has 2 atom stereocenters. The zero-order valence-corrected chi connectivity index (χ0v) is 11.4. The molecule has 0 radical (unpaired) electrons. The first-order valence-corrected chi connectivity index (χ1v) is 6.91. The second-order valence-corrected chi connectivity index (χ2v) is 5.00. The van der Waals surface area contributed by atoms with E-state index >= 15 is 0 Å². The molecule has 1 fully saturated rings. The van der Waals surface area contributed by atoms with E-state index in [2.05, 4.69) is 17.6 Å². The Balaban J connectivity index is 1.67. The van der Waals surface area contributed by atoms with Crippen molar-refractivity contribution in [3.8, 4) is 0 Å². The van der Waals surface area contributed by atoms with Crippen molar-refractivity contribution in [2.75, 3.05) is 13.2 Å². The summed E-state index contributed by atoms with van der Waals surface area (Å²) < 4.78 is 5.67. The van der Waals surface area contributed by atoms with Crippen LogP contribution in [0, 0.1) is 0 Å². The predicted octanol–water partition coefficient (Wildman–Crippen LogP) is 1.46. The molecule has 1 aliphatic rings. The first kappa shape index (κ1) is 14.0. The van der Waals surface area contributed by atoms with Gasteiger partial charge in [-0.25, -0.2) is 0 Å². The second kappa shape index (κ2) is 7.26. The molecule has 1 aromatic rings. The maximum Gasteiger partial charge on any atom is 0.246 e. The third-order valence-electron chi connectivity index (χ3n) is 3.45. The number of hydrogen-bond donors (Lipinski definition) is 2.